The SMILES string of the molecule is COC(O)C1(n2cc(-c3cc(C)cc(Nc4cc(C(F)(F)F)ccn4)n3)nn2)CC1. The van der Waals surface area contributed by atoms with Crippen molar-refractivity contribution in [3.63, 3.8) is 0 Å². The van der Waals surface area contributed by atoms with Gasteiger partial charge in [-0.25, -0.2) is 14.6 Å². The molecule has 30 heavy (non-hydrogen) atoms. The lowest BCUT2D eigenvalue weighted by Crippen LogP contribution is -2.34. The predicted octanol–water partition coefficient (Wildman–Crippen LogP) is 3.26. The van der Waals surface area contributed by atoms with Crippen molar-refractivity contribution in [3.05, 3.63) is 47.8 Å². The minimum atomic E-state index is -4.46. The molecule has 1 fully saturated rings. The minimum Gasteiger partial charge on any atom is -0.366 e. The number of nitrogens with zero attached hydrogens (tertiary/aromatic N) is 5. The third-order valence-electron chi connectivity index (χ3n) is 4.97. The highest BCUT2D eigenvalue weighted by atomic mass is 19.4. The van der Waals surface area contributed by atoms with Crippen molar-refractivity contribution >= 4 is 11.6 Å². The number of hydrogen-bond donors (Lipinski definition) is 2. The molecule has 0 bridgehead atoms. The Morgan fingerprint density at radius 3 is 2.63 bits per heavy atom. The van der Waals surface area contributed by atoms with Gasteiger partial charge in [-0.05, 0) is 49.6 Å². The van der Waals surface area contributed by atoms with Gasteiger partial charge in [-0.1, -0.05) is 5.21 Å². The van der Waals surface area contributed by atoms with E-state index in [0.29, 0.717) is 30.0 Å². The van der Waals surface area contributed by atoms with Crippen molar-refractivity contribution in [1.82, 2.24) is 25.0 Å². The van der Waals surface area contributed by atoms with Crippen molar-refractivity contribution in [2.24, 2.45) is 0 Å². The standard InChI is InChI=1S/C19H19F3N6O2/c1-11-7-13(14-10-28(27-26-14)18(4-5-18)17(29)30-2)24-16(8-11)25-15-9-12(3-6-23-15)19(20,21)22/h3,6-10,17,29H,4-5H2,1-2H3,(H,23,24,25). The van der Waals surface area contributed by atoms with Gasteiger partial charge in [0, 0.05) is 13.3 Å². The van der Waals surface area contributed by atoms with Crippen LogP contribution in [0, 0.1) is 6.92 Å². The molecule has 0 amide bonds. The van der Waals surface area contributed by atoms with E-state index >= 15 is 0 Å². The average Bonchev–Trinajstić information content (AvgIpc) is 3.35. The van der Waals surface area contributed by atoms with Crippen LogP contribution in [0.1, 0.15) is 24.0 Å². The fourth-order valence-electron chi connectivity index (χ4n) is 3.20. The number of halogens is 3. The number of pyridine rings is 2. The Morgan fingerprint density at radius 1 is 1.20 bits per heavy atom. The fourth-order valence-corrected chi connectivity index (χ4v) is 3.20. The van der Waals surface area contributed by atoms with E-state index in [1.165, 1.54) is 7.11 Å². The van der Waals surface area contributed by atoms with Gasteiger partial charge in [0.25, 0.3) is 0 Å². The number of ether oxygens (including phenoxy) is 1. The number of aliphatic hydroxyl groups is 1. The summed E-state index contributed by atoms with van der Waals surface area (Å²) in [6, 6.07) is 5.29. The number of rotatable bonds is 6. The number of nitrogens with one attached hydrogen (secondary N) is 1. The lowest BCUT2D eigenvalue weighted by atomic mass is 10.2. The Kier molecular flexibility index (Phi) is 4.94. The van der Waals surface area contributed by atoms with Crippen LogP contribution >= 0.6 is 0 Å². The smallest absolute Gasteiger partial charge is 0.366 e. The first-order valence-corrected chi connectivity index (χ1v) is 9.14. The lowest BCUT2D eigenvalue weighted by Gasteiger charge is -2.20. The Balaban J connectivity index is 1.61. The van der Waals surface area contributed by atoms with E-state index < -0.39 is 23.6 Å². The van der Waals surface area contributed by atoms with E-state index in [-0.39, 0.29) is 5.82 Å². The molecule has 3 aromatic rings. The molecule has 0 radical (unpaired) electrons. The number of aromatic nitrogens is 5. The molecule has 1 saturated carbocycles. The molecular weight excluding hydrogens is 401 g/mol. The number of hydrogen-bond acceptors (Lipinski definition) is 7. The summed E-state index contributed by atoms with van der Waals surface area (Å²) in [7, 11) is 1.42. The molecule has 1 aliphatic carbocycles. The third kappa shape index (κ3) is 3.85. The van der Waals surface area contributed by atoms with E-state index in [4.69, 9.17) is 4.74 Å². The van der Waals surface area contributed by atoms with E-state index in [0.717, 1.165) is 23.9 Å². The monoisotopic (exact) mass is 420 g/mol. The van der Waals surface area contributed by atoms with Gasteiger partial charge in [-0.2, -0.15) is 13.2 Å². The van der Waals surface area contributed by atoms with Crippen LogP contribution < -0.4 is 5.32 Å². The number of anilines is 2. The zero-order valence-corrected chi connectivity index (χ0v) is 16.2. The molecule has 1 aliphatic rings. The first-order valence-electron chi connectivity index (χ1n) is 9.14. The first-order chi connectivity index (χ1) is 14.2. The highest BCUT2D eigenvalue weighted by Crippen LogP contribution is 2.46. The molecular formula is C19H19F3N6O2. The molecule has 2 N–H and O–H groups in total. The first kappa shape index (κ1) is 20.2. The summed E-state index contributed by atoms with van der Waals surface area (Å²) >= 11 is 0. The van der Waals surface area contributed by atoms with Crippen LogP contribution in [-0.4, -0.2) is 43.5 Å². The Morgan fingerprint density at radius 2 is 1.97 bits per heavy atom. The predicted molar refractivity (Wildman–Crippen MR) is 101 cm³/mol. The molecule has 158 valence electrons. The normalized spacial score (nSPS) is 16.3. The van der Waals surface area contributed by atoms with E-state index in [1.807, 2.05) is 6.92 Å². The molecule has 0 spiro atoms. The van der Waals surface area contributed by atoms with Gasteiger partial charge in [-0.3, -0.25) is 0 Å². The Labute approximate surface area is 169 Å². The summed E-state index contributed by atoms with van der Waals surface area (Å²) in [5.41, 5.74) is 0.337. The van der Waals surface area contributed by atoms with Crippen LogP contribution in [0.15, 0.2) is 36.7 Å². The summed E-state index contributed by atoms with van der Waals surface area (Å²) in [6.45, 7) is 1.83. The molecule has 1 atom stereocenters. The molecule has 1 unspecified atom stereocenters. The van der Waals surface area contributed by atoms with Crippen LogP contribution in [0.4, 0.5) is 24.8 Å². The van der Waals surface area contributed by atoms with Crippen LogP contribution in [0.3, 0.4) is 0 Å². The maximum atomic E-state index is 12.9. The quantitative estimate of drug-likeness (QED) is 0.591. The van der Waals surface area contributed by atoms with Gasteiger partial charge in [0.05, 0.1) is 17.5 Å². The summed E-state index contributed by atoms with van der Waals surface area (Å²) in [5, 5.41) is 21.1. The van der Waals surface area contributed by atoms with Crippen LogP contribution in [0.5, 0.6) is 0 Å². The minimum absolute atomic E-state index is 0.0256. The number of alkyl halides is 3. The van der Waals surface area contributed by atoms with Crippen molar-refractivity contribution in [2.45, 2.75) is 37.8 Å². The second kappa shape index (κ2) is 7.33. The van der Waals surface area contributed by atoms with Crippen LogP contribution in [-0.2, 0) is 16.5 Å². The third-order valence-corrected chi connectivity index (χ3v) is 4.97. The molecule has 0 saturated heterocycles. The maximum absolute atomic E-state index is 12.9. The van der Waals surface area contributed by atoms with Crippen molar-refractivity contribution < 1.29 is 23.0 Å². The van der Waals surface area contributed by atoms with Gasteiger partial charge in [0.1, 0.15) is 22.9 Å². The summed E-state index contributed by atoms with van der Waals surface area (Å²) < 4.78 is 45.4. The average molecular weight is 420 g/mol. The Hall–Kier alpha value is -3.05. The van der Waals surface area contributed by atoms with Crippen LogP contribution in [0.25, 0.3) is 11.4 Å². The van der Waals surface area contributed by atoms with Gasteiger partial charge in [-0.15, -0.1) is 5.10 Å². The highest BCUT2D eigenvalue weighted by Gasteiger charge is 2.52. The fraction of sp³-hybridized carbons (Fsp3) is 0.368. The summed E-state index contributed by atoms with van der Waals surface area (Å²) in [6.07, 6.45) is -1.29. The molecule has 11 heteroatoms. The molecule has 3 aromatic heterocycles. The summed E-state index contributed by atoms with van der Waals surface area (Å²) in [5.74, 6) is 0.349. The van der Waals surface area contributed by atoms with Gasteiger partial charge >= 0.3 is 6.18 Å². The second-order valence-electron chi connectivity index (χ2n) is 7.21. The molecule has 4 rings (SSSR count). The van der Waals surface area contributed by atoms with Crippen molar-refractivity contribution in [3.8, 4) is 11.4 Å². The van der Waals surface area contributed by atoms with Gasteiger partial charge in [0.15, 0.2) is 6.29 Å². The van der Waals surface area contributed by atoms with E-state index in [9.17, 15) is 18.3 Å². The van der Waals surface area contributed by atoms with Gasteiger partial charge < -0.3 is 15.2 Å². The van der Waals surface area contributed by atoms with Gasteiger partial charge in [0.2, 0.25) is 0 Å². The number of methoxy groups -OCH3 is 1. The van der Waals surface area contributed by atoms with E-state index in [2.05, 4.69) is 25.6 Å². The zero-order chi connectivity index (χ0) is 21.5. The molecule has 8 nitrogen and oxygen atoms in total. The van der Waals surface area contributed by atoms with Crippen LogP contribution in [0.2, 0.25) is 0 Å². The molecule has 0 aromatic carbocycles. The molecule has 3 heterocycles. The number of aryl methyl sites for hydroxylation is 1. The zero-order valence-electron chi connectivity index (χ0n) is 16.2. The highest BCUT2D eigenvalue weighted by molar-refractivity contribution is 5.61. The maximum Gasteiger partial charge on any atom is 0.416 e. The Bertz CT molecular complexity index is 1060. The molecule has 0 aliphatic heterocycles. The van der Waals surface area contributed by atoms with Crippen molar-refractivity contribution in [1.29, 1.82) is 0 Å². The van der Waals surface area contributed by atoms with E-state index in [1.54, 1.807) is 23.0 Å². The lowest BCUT2D eigenvalue weighted by molar-refractivity contribution is -0.137. The largest absolute Gasteiger partial charge is 0.416 e. The van der Waals surface area contributed by atoms with Crippen molar-refractivity contribution in [2.75, 3.05) is 12.4 Å². The summed E-state index contributed by atoms with van der Waals surface area (Å²) in [4.78, 5) is 8.36. The topological polar surface area (TPSA) is 98.0 Å². The number of aliphatic hydroxyl groups excluding tert-OH is 1. The second-order valence-corrected chi connectivity index (χ2v) is 7.21.